The van der Waals surface area contributed by atoms with E-state index in [2.05, 4.69) is 13.8 Å². The van der Waals surface area contributed by atoms with Crippen molar-refractivity contribution in [2.75, 3.05) is 6.61 Å². The van der Waals surface area contributed by atoms with Crippen molar-refractivity contribution in [2.45, 2.75) is 26.7 Å². The van der Waals surface area contributed by atoms with Gasteiger partial charge in [0.2, 0.25) is 0 Å². The first-order valence-electron chi connectivity index (χ1n) is 5.93. The second-order valence-corrected chi connectivity index (χ2v) is 4.04. The molecule has 0 atom stereocenters. The number of hydrogen-bond donors (Lipinski definition) is 0. The molecule has 0 saturated carbocycles. The topological polar surface area (TPSA) is 76.2 Å². The molecule has 0 heterocycles. The summed E-state index contributed by atoms with van der Waals surface area (Å²) in [7, 11) is 0. The first kappa shape index (κ1) is 14.0. The van der Waals surface area contributed by atoms with E-state index in [1.54, 1.807) is 0 Å². The molecule has 0 bridgehead atoms. The van der Waals surface area contributed by atoms with Gasteiger partial charge in [0, 0.05) is 6.07 Å². The van der Waals surface area contributed by atoms with Gasteiger partial charge in [0.05, 0.1) is 23.2 Å². The van der Waals surface area contributed by atoms with Gasteiger partial charge in [-0.1, -0.05) is 26.7 Å². The summed E-state index contributed by atoms with van der Waals surface area (Å²) < 4.78 is 5.49. The molecule has 1 aromatic carbocycles. The minimum atomic E-state index is -0.525. The fourth-order valence-corrected chi connectivity index (χ4v) is 1.58. The van der Waals surface area contributed by atoms with Gasteiger partial charge in [0.1, 0.15) is 0 Å². The molecule has 96 valence electrons. The van der Waals surface area contributed by atoms with Gasteiger partial charge >= 0.3 is 5.69 Å². The quantitative estimate of drug-likeness (QED) is 0.571. The van der Waals surface area contributed by atoms with Gasteiger partial charge in [-0.25, -0.2) is 0 Å². The van der Waals surface area contributed by atoms with E-state index in [0.717, 1.165) is 12.8 Å². The van der Waals surface area contributed by atoms with E-state index in [0.29, 0.717) is 12.5 Å². The van der Waals surface area contributed by atoms with Crippen molar-refractivity contribution in [1.82, 2.24) is 0 Å². The molecule has 0 N–H and O–H groups in total. The van der Waals surface area contributed by atoms with Gasteiger partial charge < -0.3 is 4.74 Å². The summed E-state index contributed by atoms with van der Waals surface area (Å²) >= 11 is 0. The highest BCUT2D eigenvalue weighted by molar-refractivity contribution is 5.51. The Bertz CT molecular complexity index is 462. The van der Waals surface area contributed by atoms with Crippen LogP contribution < -0.4 is 4.74 Å². The minimum absolute atomic E-state index is 0.153. The Morgan fingerprint density at radius 3 is 2.61 bits per heavy atom. The Kier molecular flexibility index (Phi) is 5.12. The van der Waals surface area contributed by atoms with Gasteiger partial charge in [-0.15, -0.1) is 0 Å². The third-order valence-electron chi connectivity index (χ3n) is 2.91. The Morgan fingerprint density at radius 1 is 1.44 bits per heavy atom. The van der Waals surface area contributed by atoms with Crippen LogP contribution in [0.3, 0.4) is 0 Å². The highest BCUT2D eigenvalue weighted by Crippen LogP contribution is 2.28. The molecule has 5 nitrogen and oxygen atoms in total. The molecule has 18 heavy (non-hydrogen) atoms. The van der Waals surface area contributed by atoms with Gasteiger partial charge in [-0.3, -0.25) is 10.1 Å². The lowest BCUT2D eigenvalue weighted by Crippen LogP contribution is -2.11. The van der Waals surface area contributed by atoms with E-state index in [4.69, 9.17) is 10.00 Å². The molecule has 0 amide bonds. The highest BCUT2D eigenvalue weighted by Gasteiger charge is 2.17. The molecule has 0 spiro atoms. The van der Waals surface area contributed by atoms with Crippen molar-refractivity contribution in [3.8, 4) is 11.8 Å². The molecule has 0 saturated heterocycles. The lowest BCUT2D eigenvalue weighted by atomic mass is 10.1. The summed E-state index contributed by atoms with van der Waals surface area (Å²) in [5.41, 5.74) is 0.108. The number of ether oxygens (including phenoxy) is 1. The molecule has 0 aromatic heterocycles. The smallest absolute Gasteiger partial charge is 0.312 e. The van der Waals surface area contributed by atoms with Gasteiger partial charge in [0.15, 0.2) is 5.75 Å². The second-order valence-electron chi connectivity index (χ2n) is 4.04. The molecule has 1 rings (SSSR count). The maximum Gasteiger partial charge on any atom is 0.312 e. The van der Waals surface area contributed by atoms with Crippen molar-refractivity contribution >= 4 is 5.69 Å². The van der Waals surface area contributed by atoms with Gasteiger partial charge in [0.25, 0.3) is 0 Å². The van der Waals surface area contributed by atoms with Crippen LogP contribution in [0.15, 0.2) is 18.2 Å². The van der Waals surface area contributed by atoms with Crippen LogP contribution in [0.25, 0.3) is 0 Å². The predicted molar refractivity (Wildman–Crippen MR) is 67.4 cm³/mol. The Hall–Kier alpha value is -2.09. The fraction of sp³-hybridized carbons (Fsp3) is 0.462. The van der Waals surface area contributed by atoms with Crippen molar-refractivity contribution in [1.29, 1.82) is 5.26 Å². The molecule has 5 heteroatoms. The zero-order valence-electron chi connectivity index (χ0n) is 10.5. The van der Waals surface area contributed by atoms with Crippen LogP contribution in [0.2, 0.25) is 0 Å². The maximum atomic E-state index is 10.9. The van der Waals surface area contributed by atoms with Gasteiger partial charge in [-0.05, 0) is 18.1 Å². The fourth-order valence-electron chi connectivity index (χ4n) is 1.58. The standard InChI is InChI=1S/C13H16N2O3/c1-3-10(4-2)9-18-13-6-5-11(8-14)7-12(13)15(16)17/h5-7,10H,3-4,9H2,1-2H3. The van der Waals surface area contributed by atoms with Crippen LogP contribution in [-0.2, 0) is 0 Å². The summed E-state index contributed by atoms with van der Waals surface area (Å²) in [6.07, 6.45) is 1.95. The van der Waals surface area contributed by atoms with E-state index in [9.17, 15) is 10.1 Å². The molecule has 0 fully saturated rings. The SMILES string of the molecule is CCC(CC)COc1ccc(C#N)cc1[N+](=O)[O-]. The summed E-state index contributed by atoms with van der Waals surface area (Å²) in [5, 5.41) is 19.6. The monoisotopic (exact) mass is 248 g/mol. The summed E-state index contributed by atoms with van der Waals surface area (Å²) in [6, 6.07) is 6.12. The summed E-state index contributed by atoms with van der Waals surface area (Å²) in [5.74, 6) is 0.617. The van der Waals surface area contributed by atoms with Crippen LogP contribution in [0, 0.1) is 27.4 Å². The zero-order chi connectivity index (χ0) is 13.5. The van der Waals surface area contributed by atoms with Crippen molar-refractivity contribution < 1.29 is 9.66 Å². The predicted octanol–water partition coefficient (Wildman–Crippen LogP) is 3.28. The third kappa shape index (κ3) is 3.45. The van der Waals surface area contributed by atoms with E-state index in [-0.39, 0.29) is 17.0 Å². The van der Waals surface area contributed by atoms with Crippen molar-refractivity contribution in [2.24, 2.45) is 5.92 Å². The molecule has 1 aromatic rings. The number of nitriles is 1. The van der Waals surface area contributed by atoms with Crippen LogP contribution in [0.1, 0.15) is 32.3 Å². The lowest BCUT2D eigenvalue weighted by Gasteiger charge is -2.13. The maximum absolute atomic E-state index is 10.9. The van der Waals surface area contributed by atoms with E-state index in [1.807, 2.05) is 6.07 Å². The molecule has 0 unspecified atom stereocenters. The molecule has 0 radical (unpaired) electrons. The molecular weight excluding hydrogens is 232 g/mol. The Balaban J connectivity index is 2.88. The summed E-state index contributed by atoms with van der Waals surface area (Å²) in [4.78, 5) is 10.4. The third-order valence-corrected chi connectivity index (χ3v) is 2.91. The average Bonchev–Trinajstić information content (AvgIpc) is 2.39. The number of benzene rings is 1. The minimum Gasteiger partial charge on any atom is -0.487 e. The van der Waals surface area contributed by atoms with E-state index >= 15 is 0 Å². The number of nitro benzene ring substituents is 1. The number of hydrogen-bond acceptors (Lipinski definition) is 4. The Labute approximate surface area is 106 Å². The van der Waals surface area contributed by atoms with Gasteiger partial charge in [-0.2, -0.15) is 5.26 Å². The van der Waals surface area contributed by atoms with Crippen LogP contribution in [-0.4, -0.2) is 11.5 Å². The lowest BCUT2D eigenvalue weighted by molar-refractivity contribution is -0.385. The zero-order valence-corrected chi connectivity index (χ0v) is 10.5. The van der Waals surface area contributed by atoms with Crippen molar-refractivity contribution in [3.63, 3.8) is 0 Å². The Morgan fingerprint density at radius 2 is 2.11 bits per heavy atom. The largest absolute Gasteiger partial charge is 0.487 e. The van der Waals surface area contributed by atoms with Crippen LogP contribution in [0.5, 0.6) is 5.75 Å². The molecule has 0 aliphatic rings. The first-order chi connectivity index (χ1) is 8.62. The molecule has 0 aliphatic carbocycles. The number of nitrogens with zero attached hydrogens (tertiary/aromatic N) is 2. The van der Waals surface area contributed by atoms with E-state index < -0.39 is 4.92 Å². The normalized spacial score (nSPS) is 10.1. The van der Waals surface area contributed by atoms with Crippen molar-refractivity contribution in [3.05, 3.63) is 33.9 Å². The second kappa shape index (κ2) is 6.60. The highest BCUT2D eigenvalue weighted by atomic mass is 16.6. The molecule has 0 aliphatic heterocycles. The van der Waals surface area contributed by atoms with Crippen LogP contribution >= 0.6 is 0 Å². The summed E-state index contributed by atoms with van der Waals surface area (Å²) in [6.45, 7) is 4.58. The number of nitro groups is 1. The van der Waals surface area contributed by atoms with E-state index in [1.165, 1.54) is 18.2 Å². The number of rotatable bonds is 6. The van der Waals surface area contributed by atoms with Crippen LogP contribution in [0.4, 0.5) is 5.69 Å². The average molecular weight is 248 g/mol. The first-order valence-corrected chi connectivity index (χ1v) is 5.93. The molecular formula is C13H16N2O3.